The van der Waals surface area contributed by atoms with Crippen LogP contribution in [0.5, 0.6) is 5.75 Å². The van der Waals surface area contributed by atoms with Crippen molar-refractivity contribution in [3.63, 3.8) is 0 Å². The van der Waals surface area contributed by atoms with Gasteiger partial charge in [-0.15, -0.1) is 0 Å². The molecule has 0 N–H and O–H groups in total. The minimum absolute atomic E-state index is 0.000732. The van der Waals surface area contributed by atoms with E-state index in [1.807, 2.05) is 45.9 Å². The lowest BCUT2D eigenvalue weighted by Crippen LogP contribution is -2.26. The zero-order valence-electron chi connectivity index (χ0n) is 14.6. The molecule has 7 heteroatoms. The number of fused-ring (bicyclic) bond motifs is 1. The minimum Gasteiger partial charge on any atom is -0.494 e. The van der Waals surface area contributed by atoms with Crippen LogP contribution in [0.3, 0.4) is 0 Å². The maximum atomic E-state index is 12.3. The zero-order valence-corrected chi connectivity index (χ0v) is 15.4. The van der Waals surface area contributed by atoms with Gasteiger partial charge in [0.15, 0.2) is 4.80 Å². The summed E-state index contributed by atoms with van der Waals surface area (Å²) in [6.45, 7) is 7.91. The van der Waals surface area contributed by atoms with Gasteiger partial charge in [-0.2, -0.15) is 4.99 Å². The summed E-state index contributed by atoms with van der Waals surface area (Å²) >= 11 is 1.35. The highest BCUT2D eigenvalue weighted by Crippen LogP contribution is 2.24. The van der Waals surface area contributed by atoms with Crippen molar-refractivity contribution in [1.29, 1.82) is 0 Å². The second-order valence-corrected chi connectivity index (χ2v) is 7.29. The van der Waals surface area contributed by atoms with Gasteiger partial charge in [-0.05, 0) is 25.1 Å². The highest BCUT2D eigenvalue weighted by molar-refractivity contribution is 7.16. The van der Waals surface area contributed by atoms with Gasteiger partial charge in [-0.3, -0.25) is 9.59 Å². The molecule has 0 saturated heterocycles. The minimum atomic E-state index is -0.588. The van der Waals surface area contributed by atoms with E-state index in [9.17, 15) is 9.59 Å². The number of carbonyl (C=O) groups is 2. The van der Waals surface area contributed by atoms with Crippen LogP contribution >= 0.6 is 11.3 Å². The Balaban J connectivity index is 2.63. The van der Waals surface area contributed by atoms with E-state index in [-0.39, 0.29) is 12.5 Å². The number of esters is 1. The van der Waals surface area contributed by atoms with Crippen molar-refractivity contribution >= 4 is 33.4 Å². The molecule has 0 spiro atoms. The predicted octanol–water partition coefficient (Wildman–Crippen LogP) is 2.75. The lowest BCUT2D eigenvalue weighted by Gasteiger charge is -2.11. The Hall–Kier alpha value is -2.15. The fourth-order valence-electron chi connectivity index (χ4n) is 2.00. The maximum Gasteiger partial charge on any atom is 0.325 e. The SMILES string of the molecule is CCOc1ccc2c(c1)sc(=NC(=O)C(C)(C)C)n2CC(=O)OC. The molecular formula is C17H22N2O4S. The second-order valence-electron chi connectivity index (χ2n) is 6.28. The summed E-state index contributed by atoms with van der Waals surface area (Å²) in [6.07, 6.45) is 0. The molecule has 0 aliphatic heterocycles. The molecule has 24 heavy (non-hydrogen) atoms. The van der Waals surface area contributed by atoms with Crippen LogP contribution < -0.4 is 9.54 Å². The van der Waals surface area contributed by atoms with Gasteiger partial charge in [0.25, 0.3) is 5.91 Å². The second kappa shape index (κ2) is 7.17. The van der Waals surface area contributed by atoms with E-state index in [1.165, 1.54) is 18.4 Å². The molecule has 0 radical (unpaired) electrons. The maximum absolute atomic E-state index is 12.3. The van der Waals surface area contributed by atoms with Gasteiger partial charge < -0.3 is 14.0 Å². The number of carbonyl (C=O) groups excluding carboxylic acids is 2. The number of amides is 1. The van der Waals surface area contributed by atoms with E-state index in [0.29, 0.717) is 11.4 Å². The number of aromatic nitrogens is 1. The fourth-order valence-corrected chi connectivity index (χ4v) is 3.05. The summed E-state index contributed by atoms with van der Waals surface area (Å²) in [5.41, 5.74) is 0.227. The van der Waals surface area contributed by atoms with Gasteiger partial charge in [0, 0.05) is 5.41 Å². The van der Waals surface area contributed by atoms with Crippen LogP contribution in [0.15, 0.2) is 23.2 Å². The van der Waals surface area contributed by atoms with Crippen LogP contribution in [0.2, 0.25) is 0 Å². The molecule has 2 aromatic rings. The van der Waals surface area contributed by atoms with E-state index in [2.05, 4.69) is 4.99 Å². The largest absolute Gasteiger partial charge is 0.494 e. The Kier molecular flexibility index (Phi) is 5.43. The van der Waals surface area contributed by atoms with Crippen molar-refractivity contribution in [3.05, 3.63) is 23.0 Å². The summed E-state index contributed by atoms with van der Waals surface area (Å²) in [5.74, 6) is 0.108. The van der Waals surface area contributed by atoms with Crippen molar-refractivity contribution in [2.45, 2.75) is 34.2 Å². The van der Waals surface area contributed by atoms with E-state index >= 15 is 0 Å². The third-order valence-corrected chi connectivity index (χ3v) is 4.36. The molecule has 2 rings (SSSR count). The molecule has 0 bridgehead atoms. The summed E-state index contributed by atoms with van der Waals surface area (Å²) in [7, 11) is 1.34. The molecule has 1 amide bonds. The van der Waals surface area contributed by atoms with Crippen LogP contribution in [-0.2, 0) is 20.9 Å². The van der Waals surface area contributed by atoms with Crippen molar-refractivity contribution in [2.24, 2.45) is 10.4 Å². The lowest BCUT2D eigenvalue weighted by molar-refractivity contribution is -0.141. The van der Waals surface area contributed by atoms with E-state index in [1.54, 1.807) is 4.57 Å². The van der Waals surface area contributed by atoms with Crippen LogP contribution in [0, 0.1) is 5.41 Å². The first-order valence-electron chi connectivity index (χ1n) is 7.68. The number of thiazole rings is 1. The summed E-state index contributed by atoms with van der Waals surface area (Å²) < 4.78 is 12.9. The van der Waals surface area contributed by atoms with Crippen molar-refractivity contribution in [3.8, 4) is 5.75 Å². The number of benzene rings is 1. The molecule has 1 heterocycles. The van der Waals surface area contributed by atoms with Gasteiger partial charge in [0.1, 0.15) is 12.3 Å². The Morgan fingerprint density at radius 1 is 1.29 bits per heavy atom. The molecule has 0 unspecified atom stereocenters. The molecule has 1 aromatic heterocycles. The van der Waals surface area contributed by atoms with Crippen LogP contribution in [0.1, 0.15) is 27.7 Å². The van der Waals surface area contributed by atoms with Gasteiger partial charge in [-0.25, -0.2) is 0 Å². The predicted molar refractivity (Wildman–Crippen MR) is 93.0 cm³/mol. The number of nitrogens with zero attached hydrogens (tertiary/aromatic N) is 2. The Bertz CT molecular complexity index is 827. The summed E-state index contributed by atoms with van der Waals surface area (Å²) in [5, 5.41) is 0. The van der Waals surface area contributed by atoms with Crippen LogP contribution in [0.4, 0.5) is 0 Å². The average molecular weight is 350 g/mol. The average Bonchev–Trinajstić information content (AvgIpc) is 2.83. The molecule has 0 atom stereocenters. The molecule has 0 saturated carbocycles. The normalized spacial score (nSPS) is 12.5. The standard InChI is InChI=1S/C17H22N2O4S/c1-6-23-11-7-8-12-13(9-11)24-16(18-15(21)17(2,3)4)19(12)10-14(20)22-5/h7-9H,6,10H2,1-5H3. The third-order valence-electron chi connectivity index (χ3n) is 3.32. The summed E-state index contributed by atoms with van der Waals surface area (Å²) in [4.78, 5) is 28.7. The first-order chi connectivity index (χ1) is 11.3. The Morgan fingerprint density at radius 3 is 2.58 bits per heavy atom. The third kappa shape index (κ3) is 4.03. The number of hydrogen-bond donors (Lipinski definition) is 0. The number of ether oxygens (including phenoxy) is 2. The summed E-state index contributed by atoms with van der Waals surface area (Å²) in [6, 6.07) is 5.58. The van der Waals surface area contributed by atoms with Crippen molar-refractivity contribution in [1.82, 2.24) is 4.57 Å². The van der Waals surface area contributed by atoms with Crippen molar-refractivity contribution < 1.29 is 19.1 Å². The number of rotatable bonds is 4. The van der Waals surface area contributed by atoms with Gasteiger partial charge >= 0.3 is 5.97 Å². The molecule has 0 aliphatic carbocycles. The van der Waals surface area contributed by atoms with E-state index in [4.69, 9.17) is 9.47 Å². The molecule has 130 valence electrons. The first-order valence-corrected chi connectivity index (χ1v) is 8.50. The quantitative estimate of drug-likeness (QED) is 0.795. The highest BCUT2D eigenvalue weighted by atomic mass is 32.1. The monoisotopic (exact) mass is 350 g/mol. The van der Waals surface area contributed by atoms with E-state index < -0.39 is 11.4 Å². The molecule has 0 fully saturated rings. The van der Waals surface area contributed by atoms with Gasteiger partial charge in [0.2, 0.25) is 0 Å². The Labute approximate surface area is 144 Å². The Morgan fingerprint density at radius 2 is 2.00 bits per heavy atom. The highest BCUT2D eigenvalue weighted by Gasteiger charge is 2.21. The molecule has 1 aromatic carbocycles. The fraction of sp³-hybridized carbons (Fsp3) is 0.471. The molecule has 0 aliphatic rings. The van der Waals surface area contributed by atoms with Crippen molar-refractivity contribution in [2.75, 3.05) is 13.7 Å². The van der Waals surface area contributed by atoms with E-state index in [0.717, 1.165) is 16.0 Å². The smallest absolute Gasteiger partial charge is 0.325 e. The zero-order chi connectivity index (χ0) is 17.9. The number of methoxy groups -OCH3 is 1. The van der Waals surface area contributed by atoms with Gasteiger partial charge in [0.05, 0.1) is 23.9 Å². The van der Waals surface area contributed by atoms with Crippen LogP contribution in [-0.4, -0.2) is 30.2 Å². The topological polar surface area (TPSA) is 69.9 Å². The molecular weight excluding hydrogens is 328 g/mol. The number of hydrogen-bond acceptors (Lipinski definition) is 5. The van der Waals surface area contributed by atoms with Crippen LogP contribution in [0.25, 0.3) is 10.2 Å². The van der Waals surface area contributed by atoms with Gasteiger partial charge in [-0.1, -0.05) is 32.1 Å². The lowest BCUT2D eigenvalue weighted by atomic mass is 9.96. The first kappa shape index (κ1) is 18.2. The molecule has 6 nitrogen and oxygen atoms in total.